The zero-order valence-corrected chi connectivity index (χ0v) is 15.1. The maximum Gasteiger partial charge on any atom is 0.255 e. The molecule has 26 heavy (non-hydrogen) atoms. The Morgan fingerprint density at radius 1 is 1.12 bits per heavy atom. The summed E-state index contributed by atoms with van der Waals surface area (Å²) in [4.78, 5) is 15.0. The average molecular weight is 348 g/mol. The van der Waals surface area contributed by atoms with Gasteiger partial charge >= 0.3 is 0 Å². The molecule has 0 saturated carbocycles. The zero-order chi connectivity index (χ0) is 18.2. The lowest BCUT2D eigenvalue weighted by molar-refractivity contribution is 0.0342. The Labute approximate surface area is 155 Å². The maximum absolute atomic E-state index is 12.6. The van der Waals surface area contributed by atoms with Crippen LogP contribution in [-0.4, -0.2) is 37.1 Å². The predicted octanol–water partition coefficient (Wildman–Crippen LogP) is 3.34. The third kappa shape index (κ3) is 4.95. The number of nitrogens with one attached hydrogen (secondary N) is 1. The molecule has 1 aliphatic rings. The number of nitrogens with zero attached hydrogens (tertiary/aromatic N) is 1. The number of morpholine rings is 1. The Kier molecular flexibility index (Phi) is 6.43. The van der Waals surface area contributed by atoms with Crippen LogP contribution in [0.15, 0.2) is 48.5 Å². The first-order valence-electron chi connectivity index (χ1n) is 8.94. The van der Waals surface area contributed by atoms with E-state index in [9.17, 15) is 4.79 Å². The standard InChI is InChI=1S/C22H24N2O2/c1-2-3-6-19-7-4-5-8-21(19)22(25)23-20-11-9-18(10-12-20)17-24-13-15-26-16-14-24/h4-5,7-12H,6,13-17H2,1H3,(H,23,25). The molecule has 1 N–H and O–H groups in total. The van der Waals surface area contributed by atoms with Crippen LogP contribution in [0.2, 0.25) is 0 Å². The molecule has 3 rings (SSSR count). The molecule has 2 aromatic rings. The third-order valence-electron chi connectivity index (χ3n) is 4.44. The minimum absolute atomic E-state index is 0.0977. The Hall–Kier alpha value is -2.61. The molecule has 0 spiro atoms. The number of ether oxygens (including phenoxy) is 1. The van der Waals surface area contributed by atoms with E-state index < -0.39 is 0 Å². The summed E-state index contributed by atoms with van der Waals surface area (Å²) in [5.41, 5.74) is 3.66. The van der Waals surface area contributed by atoms with E-state index in [4.69, 9.17) is 4.74 Å². The van der Waals surface area contributed by atoms with E-state index in [1.54, 1.807) is 6.92 Å². The normalized spacial score (nSPS) is 14.3. The van der Waals surface area contributed by atoms with Crippen LogP contribution in [0.3, 0.4) is 0 Å². The topological polar surface area (TPSA) is 41.6 Å². The molecule has 0 bridgehead atoms. The van der Waals surface area contributed by atoms with Gasteiger partial charge in [-0.2, -0.15) is 0 Å². The molecule has 0 unspecified atom stereocenters. The zero-order valence-electron chi connectivity index (χ0n) is 15.1. The van der Waals surface area contributed by atoms with E-state index in [0.717, 1.165) is 44.1 Å². The molecule has 0 aromatic heterocycles. The molecular weight excluding hydrogens is 324 g/mol. The first-order chi connectivity index (χ1) is 12.8. The minimum Gasteiger partial charge on any atom is -0.379 e. The number of anilines is 1. The van der Waals surface area contributed by atoms with Gasteiger partial charge < -0.3 is 10.1 Å². The molecule has 1 amide bonds. The van der Waals surface area contributed by atoms with Crippen LogP contribution in [0.25, 0.3) is 0 Å². The van der Waals surface area contributed by atoms with Crippen molar-refractivity contribution >= 4 is 11.6 Å². The van der Waals surface area contributed by atoms with Crippen molar-refractivity contribution in [2.45, 2.75) is 19.9 Å². The van der Waals surface area contributed by atoms with E-state index in [1.807, 2.05) is 36.4 Å². The summed E-state index contributed by atoms with van der Waals surface area (Å²) < 4.78 is 5.38. The van der Waals surface area contributed by atoms with Crippen molar-refractivity contribution in [3.8, 4) is 11.8 Å². The summed E-state index contributed by atoms with van der Waals surface area (Å²) in [5.74, 6) is 5.81. The fourth-order valence-corrected chi connectivity index (χ4v) is 2.99. The molecule has 0 aliphatic carbocycles. The fraction of sp³-hybridized carbons (Fsp3) is 0.318. The maximum atomic E-state index is 12.6. The van der Waals surface area contributed by atoms with Crippen LogP contribution in [-0.2, 0) is 17.7 Å². The number of rotatable bonds is 5. The highest BCUT2D eigenvalue weighted by Gasteiger charge is 2.12. The number of carbonyl (C=O) groups excluding carboxylic acids is 1. The van der Waals surface area contributed by atoms with Crippen LogP contribution in [0, 0.1) is 11.8 Å². The number of carbonyl (C=O) groups is 1. The van der Waals surface area contributed by atoms with E-state index in [-0.39, 0.29) is 5.91 Å². The Morgan fingerprint density at radius 3 is 2.58 bits per heavy atom. The van der Waals surface area contributed by atoms with Crippen molar-refractivity contribution in [2.24, 2.45) is 0 Å². The van der Waals surface area contributed by atoms with Gasteiger partial charge in [-0.3, -0.25) is 9.69 Å². The van der Waals surface area contributed by atoms with E-state index in [1.165, 1.54) is 5.56 Å². The lowest BCUT2D eigenvalue weighted by atomic mass is 10.0. The van der Waals surface area contributed by atoms with Gasteiger partial charge in [0.05, 0.1) is 13.2 Å². The van der Waals surface area contributed by atoms with Gasteiger partial charge in [0.1, 0.15) is 0 Å². The van der Waals surface area contributed by atoms with Gasteiger partial charge in [0.25, 0.3) is 5.91 Å². The molecule has 1 saturated heterocycles. The highest BCUT2D eigenvalue weighted by atomic mass is 16.5. The molecule has 4 heteroatoms. The van der Waals surface area contributed by atoms with Crippen molar-refractivity contribution in [1.29, 1.82) is 0 Å². The quantitative estimate of drug-likeness (QED) is 0.843. The molecule has 1 fully saturated rings. The van der Waals surface area contributed by atoms with Gasteiger partial charge in [0.15, 0.2) is 0 Å². The van der Waals surface area contributed by atoms with E-state index >= 15 is 0 Å². The minimum atomic E-state index is -0.0977. The van der Waals surface area contributed by atoms with Crippen molar-refractivity contribution in [3.63, 3.8) is 0 Å². The first-order valence-corrected chi connectivity index (χ1v) is 8.94. The smallest absolute Gasteiger partial charge is 0.255 e. The molecule has 4 nitrogen and oxygen atoms in total. The van der Waals surface area contributed by atoms with Gasteiger partial charge in [-0.1, -0.05) is 36.3 Å². The first kappa shape index (κ1) is 18.2. The summed E-state index contributed by atoms with van der Waals surface area (Å²) in [6.07, 6.45) is 0.582. The summed E-state index contributed by atoms with van der Waals surface area (Å²) in [5, 5.41) is 2.99. The summed E-state index contributed by atoms with van der Waals surface area (Å²) >= 11 is 0. The number of hydrogen-bond acceptors (Lipinski definition) is 3. The second kappa shape index (κ2) is 9.19. The van der Waals surface area contributed by atoms with Crippen molar-refractivity contribution < 1.29 is 9.53 Å². The SMILES string of the molecule is CC#CCc1ccccc1C(=O)Nc1ccc(CN2CCOCC2)cc1. The van der Waals surface area contributed by atoms with Crippen molar-refractivity contribution in [2.75, 3.05) is 31.6 Å². The van der Waals surface area contributed by atoms with Crippen molar-refractivity contribution in [1.82, 2.24) is 4.90 Å². The number of benzene rings is 2. The molecule has 134 valence electrons. The second-order valence-corrected chi connectivity index (χ2v) is 6.30. The predicted molar refractivity (Wildman–Crippen MR) is 104 cm³/mol. The van der Waals surface area contributed by atoms with E-state index in [2.05, 4.69) is 34.2 Å². The van der Waals surface area contributed by atoms with Crippen LogP contribution in [0.5, 0.6) is 0 Å². The van der Waals surface area contributed by atoms with Gasteiger partial charge in [0.2, 0.25) is 0 Å². The highest BCUT2D eigenvalue weighted by molar-refractivity contribution is 6.05. The van der Waals surface area contributed by atoms with Crippen molar-refractivity contribution in [3.05, 3.63) is 65.2 Å². The lowest BCUT2D eigenvalue weighted by Gasteiger charge is -2.26. The van der Waals surface area contributed by atoms with Gasteiger partial charge in [-0.05, 0) is 36.2 Å². The van der Waals surface area contributed by atoms with E-state index in [0.29, 0.717) is 12.0 Å². The van der Waals surface area contributed by atoms with Gasteiger partial charge in [-0.25, -0.2) is 0 Å². The molecular formula is C22H24N2O2. The largest absolute Gasteiger partial charge is 0.379 e. The second-order valence-electron chi connectivity index (χ2n) is 6.30. The fourth-order valence-electron chi connectivity index (χ4n) is 2.99. The Bertz CT molecular complexity index is 797. The Balaban J connectivity index is 1.63. The average Bonchev–Trinajstić information content (AvgIpc) is 2.69. The highest BCUT2D eigenvalue weighted by Crippen LogP contribution is 2.16. The monoisotopic (exact) mass is 348 g/mol. The van der Waals surface area contributed by atoms with Gasteiger partial charge in [-0.15, -0.1) is 5.92 Å². The molecule has 2 aromatic carbocycles. The lowest BCUT2D eigenvalue weighted by Crippen LogP contribution is -2.35. The summed E-state index contributed by atoms with van der Waals surface area (Å²) in [7, 11) is 0. The molecule has 0 atom stereocenters. The van der Waals surface area contributed by atoms with Crippen LogP contribution >= 0.6 is 0 Å². The summed E-state index contributed by atoms with van der Waals surface area (Å²) in [6, 6.07) is 15.7. The molecule has 1 aliphatic heterocycles. The summed E-state index contributed by atoms with van der Waals surface area (Å²) in [6.45, 7) is 6.26. The number of hydrogen-bond donors (Lipinski definition) is 1. The van der Waals surface area contributed by atoms with Gasteiger partial charge in [0, 0.05) is 37.3 Å². The van der Waals surface area contributed by atoms with Crippen LogP contribution in [0.4, 0.5) is 5.69 Å². The third-order valence-corrected chi connectivity index (χ3v) is 4.44. The molecule has 1 heterocycles. The Morgan fingerprint density at radius 2 is 1.85 bits per heavy atom. The number of amides is 1. The van der Waals surface area contributed by atoms with Crippen LogP contribution in [0.1, 0.15) is 28.4 Å². The van der Waals surface area contributed by atoms with Crippen LogP contribution < -0.4 is 5.32 Å². The molecule has 0 radical (unpaired) electrons.